The Labute approximate surface area is 134 Å². The first-order valence-electron chi connectivity index (χ1n) is 7.79. The third-order valence-electron chi connectivity index (χ3n) is 2.66. The topological polar surface area (TPSA) is 76.4 Å². The molecule has 0 amide bonds. The minimum absolute atomic E-state index is 0.384. The quantitative estimate of drug-likeness (QED) is 0.406. The molecule has 0 rings (SSSR count). The number of hydrogen-bond acceptors (Lipinski definition) is 5. The van der Waals surface area contributed by atoms with Crippen LogP contribution in [-0.4, -0.2) is 23.1 Å². The molecule has 0 aliphatic carbocycles. The Morgan fingerprint density at radius 3 is 1.73 bits per heavy atom. The number of esters is 2. The van der Waals surface area contributed by atoms with Gasteiger partial charge < -0.3 is 9.47 Å². The van der Waals surface area contributed by atoms with Crippen LogP contribution in [-0.2, 0) is 19.1 Å². The van der Waals surface area contributed by atoms with E-state index < -0.39 is 29.1 Å². The first kappa shape index (κ1) is 20.4. The highest BCUT2D eigenvalue weighted by molar-refractivity contribution is 5.95. The summed E-state index contributed by atoms with van der Waals surface area (Å²) < 4.78 is 10.6. The van der Waals surface area contributed by atoms with Gasteiger partial charge in [-0.3, -0.25) is 9.59 Å². The molecule has 0 aliphatic rings. The molecule has 22 heavy (non-hydrogen) atoms. The molecule has 0 radical (unpaired) electrons. The molecule has 0 unspecified atom stereocenters. The summed E-state index contributed by atoms with van der Waals surface area (Å²) in [6.07, 6.45) is 3.13. The fourth-order valence-corrected chi connectivity index (χ4v) is 1.81. The largest absolute Gasteiger partial charge is 0.459 e. The summed E-state index contributed by atoms with van der Waals surface area (Å²) in [5, 5.41) is 8.51. The summed E-state index contributed by atoms with van der Waals surface area (Å²) in [5.41, 5.74) is -1.28. The minimum atomic E-state index is -0.902. The molecule has 5 heteroatoms. The summed E-state index contributed by atoms with van der Waals surface area (Å²) in [6, 6.07) is 2.08. The molecule has 0 fully saturated rings. The molecule has 0 bridgehead atoms. The summed E-state index contributed by atoms with van der Waals surface area (Å²) in [6.45, 7) is 10.6. The van der Waals surface area contributed by atoms with E-state index in [1.54, 1.807) is 41.5 Å². The lowest BCUT2D eigenvalue weighted by Gasteiger charge is -2.26. The van der Waals surface area contributed by atoms with Gasteiger partial charge in [-0.15, -0.1) is 0 Å². The predicted octanol–water partition coefficient (Wildman–Crippen LogP) is 3.76. The molecule has 5 nitrogen and oxygen atoms in total. The second-order valence-electron chi connectivity index (χ2n) is 7.38. The Kier molecular flexibility index (Phi) is 8.15. The fraction of sp³-hybridized carbons (Fsp3) is 0.824. The number of rotatable bonds is 7. The maximum atomic E-state index is 12.2. The van der Waals surface area contributed by atoms with Crippen molar-refractivity contribution in [3.8, 4) is 6.07 Å². The highest BCUT2D eigenvalue weighted by Crippen LogP contribution is 2.21. The third-order valence-corrected chi connectivity index (χ3v) is 2.66. The first-order chi connectivity index (χ1) is 9.96. The lowest BCUT2D eigenvalue weighted by molar-refractivity contribution is -0.174. The van der Waals surface area contributed by atoms with Crippen LogP contribution in [0.25, 0.3) is 0 Å². The van der Waals surface area contributed by atoms with Crippen molar-refractivity contribution in [1.29, 1.82) is 5.26 Å². The SMILES string of the molecule is CC(C)(C)OC(=O)C(CCCCCC#N)C(=O)OC(C)(C)C. The van der Waals surface area contributed by atoms with Crippen LogP contribution in [0.15, 0.2) is 0 Å². The second kappa shape index (κ2) is 8.77. The number of carbonyl (C=O) groups is 2. The molecule has 0 aromatic rings. The van der Waals surface area contributed by atoms with Crippen LogP contribution in [0.4, 0.5) is 0 Å². The normalized spacial score (nSPS) is 11.9. The average Bonchev–Trinajstić information content (AvgIpc) is 2.28. The zero-order valence-electron chi connectivity index (χ0n) is 14.7. The molecular formula is C17H29NO4. The van der Waals surface area contributed by atoms with Crippen LogP contribution in [0.1, 0.15) is 73.6 Å². The predicted molar refractivity (Wildman–Crippen MR) is 83.9 cm³/mol. The molecule has 0 heterocycles. The van der Waals surface area contributed by atoms with Gasteiger partial charge >= 0.3 is 11.9 Å². The van der Waals surface area contributed by atoms with E-state index in [0.29, 0.717) is 19.3 Å². The van der Waals surface area contributed by atoms with E-state index in [0.717, 1.165) is 12.8 Å². The van der Waals surface area contributed by atoms with Gasteiger partial charge in [-0.2, -0.15) is 5.26 Å². The summed E-state index contributed by atoms with van der Waals surface area (Å²) >= 11 is 0. The smallest absolute Gasteiger partial charge is 0.320 e. The number of unbranched alkanes of at least 4 members (excludes halogenated alkanes) is 3. The van der Waals surface area contributed by atoms with Crippen LogP contribution in [0.2, 0.25) is 0 Å². The van der Waals surface area contributed by atoms with Gasteiger partial charge in [0, 0.05) is 6.42 Å². The Morgan fingerprint density at radius 1 is 0.909 bits per heavy atom. The monoisotopic (exact) mass is 311 g/mol. The number of hydrogen-bond donors (Lipinski definition) is 0. The van der Waals surface area contributed by atoms with Gasteiger partial charge in [-0.05, 0) is 54.4 Å². The minimum Gasteiger partial charge on any atom is -0.459 e. The zero-order chi connectivity index (χ0) is 17.4. The van der Waals surface area contributed by atoms with Gasteiger partial charge in [0.15, 0.2) is 5.92 Å². The van der Waals surface area contributed by atoms with E-state index in [4.69, 9.17) is 14.7 Å². The Bertz CT molecular complexity index is 382. The standard InChI is InChI=1S/C17H29NO4/c1-16(2,3)21-14(19)13(11-9-7-8-10-12-18)15(20)22-17(4,5)6/h13H,7-11H2,1-6H3. The maximum absolute atomic E-state index is 12.2. The lowest BCUT2D eigenvalue weighted by atomic mass is 10.00. The van der Waals surface area contributed by atoms with Crippen molar-refractivity contribution in [1.82, 2.24) is 0 Å². The summed E-state index contributed by atoms with van der Waals surface area (Å²) in [4.78, 5) is 24.5. The van der Waals surface area contributed by atoms with Gasteiger partial charge in [0.2, 0.25) is 0 Å². The number of carbonyl (C=O) groups excluding carboxylic acids is 2. The molecule has 126 valence electrons. The number of ether oxygens (including phenoxy) is 2. The van der Waals surface area contributed by atoms with Crippen molar-refractivity contribution >= 4 is 11.9 Å². The fourth-order valence-electron chi connectivity index (χ4n) is 1.81. The van der Waals surface area contributed by atoms with Crippen molar-refractivity contribution < 1.29 is 19.1 Å². The van der Waals surface area contributed by atoms with Crippen LogP contribution in [0.5, 0.6) is 0 Å². The van der Waals surface area contributed by atoms with E-state index in [9.17, 15) is 9.59 Å². The number of nitriles is 1. The first-order valence-corrected chi connectivity index (χ1v) is 7.79. The van der Waals surface area contributed by atoms with E-state index in [-0.39, 0.29) is 0 Å². The van der Waals surface area contributed by atoms with Gasteiger partial charge in [0.1, 0.15) is 11.2 Å². The molecular weight excluding hydrogens is 282 g/mol. The Hall–Kier alpha value is -1.57. The zero-order valence-corrected chi connectivity index (χ0v) is 14.7. The molecule has 0 saturated heterocycles. The lowest BCUT2D eigenvalue weighted by Crippen LogP contribution is -2.36. The average molecular weight is 311 g/mol. The highest BCUT2D eigenvalue weighted by atomic mass is 16.6. The van der Waals surface area contributed by atoms with Crippen molar-refractivity contribution in [2.45, 2.75) is 84.8 Å². The van der Waals surface area contributed by atoms with E-state index in [1.165, 1.54) is 0 Å². The van der Waals surface area contributed by atoms with Crippen molar-refractivity contribution in [3.05, 3.63) is 0 Å². The highest BCUT2D eigenvalue weighted by Gasteiger charge is 2.34. The number of nitrogens with zero attached hydrogens (tertiary/aromatic N) is 1. The van der Waals surface area contributed by atoms with Gasteiger partial charge in [-0.1, -0.05) is 12.8 Å². The Morgan fingerprint density at radius 2 is 1.36 bits per heavy atom. The van der Waals surface area contributed by atoms with Crippen LogP contribution in [0, 0.1) is 17.2 Å². The molecule has 0 N–H and O–H groups in total. The van der Waals surface area contributed by atoms with Crippen molar-refractivity contribution in [2.75, 3.05) is 0 Å². The summed E-state index contributed by atoms with van der Waals surface area (Å²) in [5.74, 6) is -1.98. The van der Waals surface area contributed by atoms with Crippen molar-refractivity contribution in [3.63, 3.8) is 0 Å². The van der Waals surface area contributed by atoms with Crippen molar-refractivity contribution in [2.24, 2.45) is 5.92 Å². The molecule has 0 aliphatic heterocycles. The third kappa shape index (κ3) is 10.2. The van der Waals surface area contributed by atoms with Gasteiger partial charge in [0.05, 0.1) is 6.07 Å². The summed E-state index contributed by atoms with van der Waals surface area (Å²) in [7, 11) is 0. The van der Waals surface area contributed by atoms with Crippen LogP contribution in [0.3, 0.4) is 0 Å². The molecule has 0 aromatic carbocycles. The van der Waals surface area contributed by atoms with Crippen LogP contribution >= 0.6 is 0 Å². The molecule has 0 atom stereocenters. The molecule has 0 aromatic heterocycles. The maximum Gasteiger partial charge on any atom is 0.320 e. The van der Waals surface area contributed by atoms with E-state index in [2.05, 4.69) is 6.07 Å². The second-order valence-corrected chi connectivity index (χ2v) is 7.38. The molecule has 0 saturated carbocycles. The van der Waals surface area contributed by atoms with E-state index in [1.807, 2.05) is 0 Å². The van der Waals surface area contributed by atoms with Gasteiger partial charge in [0.25, 0.3) is 0 Å². The molecule has 0 spiro atoms. The van der Waals surface area contributed by atoms with Crippen LogP contribution < -0.4 is 0 Å². The Balaban J connectivity index is 4.73. The van der Waals surface area contributed by atoms with Gasteiger partial charge in [-0.25, -0.2) is 0 Å². The van der Waals surface area contributed by atoms with E-state index >= 15 is 0 Å².